The normalized spacial score (nSPS) is 12.6. The molecule has 0 heterocycles. The average molecular weight is 293 g/mol. The molecule has 0 spiro atoms. The number of aliphatic carboxylic acids is 1. The number of carboxylic acids is 1. The van der Waals surface area contributed by atoms with Crippen molar-refractivity contribution in [2.24, 2.45) is 5.92 Å². The van der Waals surface area contributed by atoms with Crippen LogP contribution >= 0.6 is 0 Å². The summed E-state index contributed by atoms with van der Waals surface area (Å²) in [7, 11) is 0. The predicted octanol–water partition coefficient (Wildman–Crippen LogP) is 3.69. The number of anilines is 1. The van der Waals surface area contributed by atoms with Gasteiger partial charge in [0.25, 0.3) is 0 Å². The van der Waals surface area contributed by atoms with Crippen LogP contribution in [0.1, 0.15) is 39.7 Å². The smallest absolute Gasteiger partial charge is 0.412 e. The summed E-state index contributed by atoms with van der Waals surface area (Å²) in [5, 5.41) is 11.5. The summed E-state index contributed by atoms with van der Waals surface area (Å²) >= 11 is 0. The molecule has 1 aromatic carbocycles. The first kappa shape index (κ1) is 17.0. The van der Waals surface area contributed by atoms with Gasteiger partial charge in [0.05, 0.1) is 5.92 Å². The Morgan fingerprint density at radius 3 is 2.57 bits per heavy atom. The largest absolute Gasteiger partial charge is 0.481 e. The maximum Gasteiger partial charge on any atom is 0.412 e. The van der Waals surface area contributed by atoms with E-state index in [9.17, 15) is 9.59 Å². The van der Waals surface area contributed by atoms with E-state index in [-0.39, 0.29) is 5.92 Å². The SMILES string of the molecule is CC(CCc1cccc(NC(=O)OC(C)(C)C)c1)C(=O)O. The molecule has 0 saturated heterocycles. The molecule has 116 valence electrons. The number of carbonyl (C=O) groups excluding carboxylic acids is 1. The van der Waals surface area contributed by atoms with Crippen molar-refractivity contribution in [3.8, 4) is 0 Å². The molecule has 1 aromatic rings. The third-order valence-electron chi connectivity index (χ3n) is 2.86. The third-order valence-corrected chi connectivity index (χ3v) is 2.86. The Morgan fingerprint density at radius 1 is 1.33 bits per heavy atom. The van der Waals surface area contributed by atoms with Crippen LogP contribution in [0.4, 0.5) is 10.5 Å². The number of amides is 1. The monoisotopic (exact) mass is 293 g/mol. The Balaban J connectivity index is 2.60. The number of benzene rings is 1. The van der Waals surface area contributed by atoms with Gasteiger partial charge in [0.1, 0.15) is 5.60 Å². The van der Waals surface area contributed by atoms with Gasteiger partial charge in [-0.05, 0) is 51.3 Å². The molecule has 0 saturated carbocycles. The molecule has 0 aliphatic heterocycles. The lowest BCUT2D eigenvalue weighted by Crippen LogP contribution is -2.27. The first-order valence-corrected chi connectivity index (χ1v) is 6.99. The van der Waals surface area contributed by atoms with Crippen LogP contribution in [-0.4, -0.2) is 22.8 Å². The highest BCUT2D eigenvalue weighted by molar-refractivity contribution is 5.84. The summed E-state index contributed by atoms with van der Waals surface area (Å²) in [6, 6.07) is 7.34. The first-order chi connectivity index (χ1) is 9.67. The van der Waals surface area contributed by atoms with Gasteiger partial charge in [-0.3, -0.25) is 10.1 Å². The molecule has 0 fully saturated rings. The minimum atomic E-state index is -0.793. The second-order valence-electron chi connectivity index (χ2n) is 6.11. The fraction of sp³-hybridized carbons (Fsp3) is 0.500. The lowest BCUT2D eigenvalue weighted by molar-refractivity contribution is -0.141. The van der Waals surface area contributed by atoms with Crippen molar-refractivity contribution in [3.63, 3.8) is 0 Å². The summed E-state index contributed by atoms with van der Waals surface area (Å²) < 4.78 is 5.18. The van der Waals surface area contributed by atoms with Crippen molar-refractivity contribution in [1.82, 2.24) is 0 Å². The molecular formula is C16H23NO4. The van der Waals surface area contributed by atoms with Crippen LogP contribution in [0.5, 0.6) is 0 Å². The molecule has 21 heavy (non-hydrogen) atoms. The number of rotatable bonds is 5. The van der Waals surface area contributed by atoms with Crippen LogP contribution in [0.15, 0.2) is 24.3 Å². The summed E-state index contributed by atoms with van der Waals surface area (Å²) in [5.41, 5.74) is 1.08. The molecule has 5 nitrogen and oxygen atoms in total. The van der Waals surface area contributed by atoms with E-state index in [1.165, 1.54) is 0 Å². The fourth-order valence-corrected chi connectivity index (χ4v) is 1.73. The van der Waals surface area contributed by atoms with Crippen molar-refractivity contribution < 1.29 is 19.4 Å². The van der Waals surface area contributed by atoms with E-state index in [4.69, 9.17) is 9.84 Å². The van der Waals surface area contributed by atoms with Gasteiger partial charge >= 0.3 is 12.1 Å². The molecule has 0 aliphatic carbocycles. The lowest BCUT2D eigenvalue weighted by atomic mass is 10.0. The van der Waals surface area contributed by atoms with Crippen molar-refractivity contribution in [2.75, 3.05) is 5.32 Å². The van der Waals surface area contributed by atoms with E-state index in [0.29, 0.717) is 18.5 Å². The highest BCUT2D eigenvalue weighted by atomic mass is 16.6. The second kappa shape index (κ2) is 7.11. The number of hydrogen-bond acceptors (Lipinski definition) is 3. The second-order valence-corrected chi connectivity index (χ2v) is 6.11. The van der Waals surface area contributed by atoms with E-state index in [0.717, 1.165) is 5.56 Å². The Kier molecular flexibility index (Phi) is 5.76. The minimum Gasteiger partial charge on any atom is -0.481 e. The van der Waals surface area contributed by atoms with Crippen LogP contribution in [0.25, 0.3) is 0 Å². The maximum absolute atomic E-state index is 11.7. The van der Waals surface area contributed by atoms with Crippen LogP contribution in [0.3, 0.4) is 0 Å². The highest BCUT2D eigenvalue weighted by Gasteiger charge is 2.16. The van der Waals surface area contributed by atoms with Crippen molar-refractivity contribution >= 4 is 17.7 Å². The zero-order valence-corrected chi connectivity index (χ0v) is 13.0. The van der Waals surface area contributed by atoms with Gasteiger partial charge in [-0.25, -0.2) is 4.79 Å². The fourth-order valence-electron chi connectivity index (χ4n) is 1.73. The van der Waals surface area contributed by atoms with Gasteiger partial charge in [0, 0.05) is 5.69 Å². The molecule has 0 aromatic heterocycles. The number of hydrogen-bond donors (Lipinski definition) is 2. The lowest BCUT2D eigenvalue weighted by Gasteiger charge is -2.19. The van der Waals surface area contributed by atoms with E-state index >= 15 is 0 Å². The zero-order chi connectivity index (χ0) is 16.0. The topological polar surface area (TPSA) is 75.6 Å². The molecule has 0 bridgehead atoms. The predicted molar refractivity (Wildman–Crippen MR) is 81.4 cm³/mol. The summed E-state index contributed by atoms with van der Waals surface area (Å²) in [5.74, 6) is -1.18. The maximum atomic E-state index is 11.7. The minimum absolute atomic E-state index is 0.382. The molecule has 1 unspecified atom stereocenters. The third kappa shape index (κ3) is 6.79. The Bertz CT molecular complexity index is 505. The van der Waals surface area contributed by atoms with Gasteiger partial charge < -0.3 is 9.84 Å². The van der Waals surface area contributed by atoms with E-state index < -0.39 is 17.7 Å². The Morgan fingerprint density at radius 2 is 2.00 bits per heavy atom. The highest BCUT2D eigenvalue weighted by Crippen LogP contribution is 2.16. The van der Waals surface area contributed by atoms with Crippen LogP contribution < -0.4 is 5.32 Å². The number of carboxylic acid groups (broad SMARTS) is 1. The van der Waals surface area contributed by atoms with E-state index in [2.05, 4.69) is 5.32 Å². The number of ether oxygens (including phenoxy) is 1. The molecule has 1 atom stereocenters. The molecule has 2 N–H and O–H groups in total. The molecule has 5 heteroatoms. The number of carbonyl (C=O) groups is 2. The molecular weight excluding hydrogens is 270 g/mol. The Hall–Kier alpha value is -2.04. The van der Waals surface area contributed by atoms with Crippen LogP contribution in [0, 0.1) is 5.92 Å². The van der Waals surface area contributed by atoms with E-state index in [1.807, 2.05) is 18.2 Å². The van der Waals surface area contributed by atoms with Crippen molar-refractivity contribution in [1.29, 1.82) is 0 Å². The molecule has 0 radical (unpaired) electrons. The van der Waals surface area contributed by atoms with Gasteiger partial charge in [0.2, 0.25) is 0 Å². The Labute approximate surface area is 125 Å². The summed E-state index contributed by atoms with van der Waals surface area (Å²) in [6.45, 7) is 7.09. The summed E-state index contributed by atoms with van der Waals surface area (Å²) in [4.78, 5) is 22.5. The van der Waals surface area contributed by atoms with Gasteiger partial charge in [-0.15, -0.1) is 0 Å². The molecule has 1 rings (SSSR count). The first-order valence-electron chi connectivity index (χ1n) is 6.99. The van der Waals surface area contributed by atoms with Crippen LogP contribution in [-0.2, 0) is 16.0 Å². The van der Waals surface area contributed by atoms with Crippen LogP contribution in [0.2, 0.25) is 0 Å². The average Bonchev–Trinajstić information content (AvgIpc) is 2.33. The number of nitrogens with one attached hydrogen (secondary N) is 1. The van der Waals surface area contributed by atoms with Gasteiger partial charge in [0.15, 0.2) is 0 Å². The van der Waals surface area contributed by atoms with E-state index in [1.54, 1.807) is 33.8 Å². The zero-order valence-electron chi connectivity index (χ0n) is 13.0. The van der Waals surface area contributed by atoms with Gasteiger partial charge in [-0.1, -0.05) is 19.1 Å². The van der Waals surface area contributed by atoms with Crippen molar-refractivity contribution in [2.45, 2.75) is 46.1 Å². The molecule has 0 aliphatic rings. The van der Waals surface area contributed by atoms with Crippen molar-refractivity contribution in [3.05, 3.63) is 29.8 Å². The molecule has 1 amide bonds. The number of aryl methyl sites for hydroxylation is 1. The quantitative estimate of drug-likeness (QED) is 0.868. The standard InChI is InChI=1S/C16H23NO4/c1-11(14(18)19)8-9-12-6-5-7-13(10-12)17-15(20)21-16(2,3)4/h5-7,10-11H,8-9H2,1-4H3,(H,17,20)(H,18,19). The van der Waals surface area contributed by atoms with Gasteiger partial charge in [-0.2, -0.15) is 0 Å². The summed E-state index contributed by atoms with van der Waals surface area (Å²) in [6.07, 6.45) is 0.710.